The average Bonchev–Trinajstić information content (AvgIpc) is 2.46. The molecule has 2 rings (SSSR count). The number of Topliss-reactive ketones (excluding diaryl/α,β-unsaturated/α-hetero) is 1. The van der Waals surface area contributed by atoms with Gasteiger partial charge in [0.15, 0.2) is 5.78 Å². The molecule has 0 unspecified atom stereocenters. The number of benzene rings is 1. The lowest BCUT2D eigenvalue weighted by atomic mass is 10.1. The summed E-state index contributed by atoms with van der Waals surface area (Å²) < 4.78 is 11.5. The van der Waals surface area contributed by atoms with Crippen molar-refractivity contribution < 1.29 is 14.3 Å². The number of nitrogens with zero attached hydrogens (tertiary/aromatic N) is 1. The molecule has 0 bridgehead atoms. The highest BCUT2D eigenvalue weighted by Gasteiger charge is 2.21. The van der Waals surface area contributed by atoms with Gasteiger partial charge >= 0.3 is 0 Å². The van der Waals surface area contributed by atoms with Gasteiger partial charge in [0.05, 0.1) is 18.8 Å². The molecule has 1 aromatic rings. The molecule has 1 aliphatic rings. The standard InChI is InChI=1S/C18H27NO3/c1-14-12-19(13-15(2)22-14)9-4-5-10-21-18-8-6-7-17(11-18)16(3)20/h6-8,11,14-15H,4-5,9-10,12-13H2,1-3H3/t14-,15+. The molecule has 1 aliphatic heterocycles. The van der Waals surface area contributed by atoms with Gasteiger partial charge in [-0.3, -0.25) is 9.69 Å². The topological polar surface area (TPSA) is 38.8 Å². The summed E-state index contributed by atoms with van der Waals surface area (Å²) in [6.07, 6.45) is 2.79. The van der Waals surface area contributed by atoms with Crippen LogP contribution in [0.1, 0.15) is 44.0 Å². The molecule has 4 heteroatoms. The highest BCUT2D eigenvalue weighted by Crippen LogP contribution is 2.15. The Balaban J connectivity index is 1.65. The van der Waals surface area contributed by atoms with Crippen LogP contribution in [0.5, 0.6) is 5.75 Å². The molecule has 0 spiro atoms. The van der Waals surface area contributed by atoms with Gasteiger partial charge in [-0.25, -0.2) is 0 Å². The first-order chi connectivity index (χ1) is 10.5. The third kappa shape index (κ3) is 5.43. The molecule has 1 saturated heterocycles. The fourth-order valence-corrected chi connectivity index (χ4v) is 2.90. The number of hydrogen-bond donors (Lipinski definition) is 0. The fraction of sp³-hybridized carbons (Fsp3) is 0.611. The van der Waals surface area contributed by atoms with E-state index < -0.39 is 0 Å². The minimum absolute atomic E-state index is 0.0704. The van der Waals surface area contributed by atoms with Crippen molar-refractivity contribution in [3.63, 3.8) is 0 Å². The maximum atomic E-state index is 11.3. The smallest absolute Gasteiger partial charge is 0.159 e. The van der Waals surface area contributed by atoms with Crippen LogP contribution >= 0.6 is 0 Å². The predicted molar refractivity (Wildman–Crippen MR) is 87.6 cm³/mol. The van der Waals surface area contributed by atoms with Crippen LogP contribution in [0.25, 0.3) is 0 Å². The number of carbonyl (C=O) groups is 1. The zero-order chi connectivity index (χ0) is 15.9. The second-order valence-corrected chi connectivity index (χ2v) is 6.16. The van der Waals surface area contributed by atoms with Gasteiger partial charge in [0.25, 0.3) is 0 Å². The van der Waals surface area contributed by atoms with Gasteiger partial charge in [-0.2, -0.15) is 0 Å². The molecule has 1 fully saturated rings. The van der Waals surface area contributed by atoms with E-state index >= 15 is 0 Å². The lowest BCUT2D eigenvalue weighted by Crippen LogP contribution is -2.45. The Bertz CT molecular complexity index is 479. The van der Waals surface area contributed by atoms with Gasteiger partial charge in [-0.15, -0.1) is 0 Å². The minimum atomic E-state index is 0.0704. The Kier molecular flexibility index (Phi) is 6.40. The van der Waals surface area contributed by atoms with E-state index in [4.69, 9.17) is 9.47 Å². The van der Waals surface area contributed by atoms with Crippen molar-refractivity contribution in [2.45, 2.75) is 45.8 Å². The minimum Gasteiger partial charge on any atom is -0.494 e. The summed E-state index contributed by atoms with van der Waals surface area (Å²) in [5.74, 6) is 0.849. The molecule has 4 nitrogen and oxygen atoms in total. The van der Waals surface area contributed by atoms with Crippen LogP contribution < -0.4 is 4.74 Å². The van der Waals surface area contributed by atoms with Gasteiger partial charge in [0, 0.05) is 18.7 Å². The third-order valence-electron chi connectivity index (χ3n) is 3.87. The maximum absolute atomic E-state index is 11.3. The number of unbranched alkanes of at least 4 members (excludes halogenated alkanes) is 1. The second kappa shape index (κ2) is 8.30. The third-order valence-corrected chi connectivity index (χ3v) is 3.87. The first kappa shape index (κ1) is 17.0. The van der Waals surface area contributed by atoms with Gasteiger partial charge in [0.1, 0.15) is 5.75 Å². The number of ether oxygens (including phenoxy) is 2. The Hall–Kier alpha value is -1.39. The van der Waals surface area contributed by atoms with Crippen molar-refractivity contribution in [1.29, 1.82) is 0 Å². The lowest BCUT2D eigenvalue weighted by molar-refractivity contribution is -0.0682. The van der Waals surface area contributed by atoms with Crippen molar-refractivity contribution in [3.8, 4) is 5.75 Å². The van der Waals surface area contributed by atoms with Crippen molar-refractivity contribution in [2.24, 2.45) is 0 Å². The predicted octanol–water partition coefficient (Wildman–Crippen LogP) is 3.16. The quantitative estimate of drug-likeness (QED) is 0.573. The lowest BCUT2D eigenvalue weighted by Gasteiger charge is -2.35. The van der Waals surface area contributed by atoms with Crippen molar-refractivity contribution in [3.05, 3.63) is 29.8 Å². The van der Waals surface area contributed by atoms with E-state index in [2.05, 4.69) is 18.7 Å². The molecule has 0 saturated carbocycles. The van der Waals surface area contributed by atoms with Crippen LogP contribution in [0.15, 0.2) is 24.3 Å². The summed E-state index contributed by atoms with van der Waals surface area (Å²) in [5.41, 5.74) is 0.703. The molecule has 1 heterocycles. The Labute approximate surface area is 133 Å². The Morgan fingerprint density at radius 3 is 2.68 bits per heavy atom. The van der Waals surface area contributed by atoms with E-state index in [1.165, 1.54) is 0 Å². The van der Waals surface area contributed by atoms with E-state index in [9.17, 15) is 4.79 Å². The highest BCUT2D eigenvalue weighted by molar-refractivity contribution is 5.94. The molecule has 0 aliphatic carbocycles. The first-order valence-corrected chi connectivity index (χ1v) is 8.16. The fourth-order valence-electron chi connectivity index (χ4n) is 2.90. The van der Waals surface area contributed by atoms with Crippen LogP contribution in [-0.4, -0.2) is 49.1 Å². The summed E-state index contributed by atoms with van der Waals surface area (Å²) in [7, 11) is 0. The number of carbonyl (C=O) groups excluding carboxylic acids is 1. The molecule has 0 aromatic heterocycles. The van der Waals surface area contributed by atoms with Crippen LogP contribution in [0.2, 0.25) is 0 Å². The molecular formula is C18H27NO3. The number of hydrogen-bond acceptors (Lipinski definition) is 4. The molecule has 2 atom stereocenters. The highest BCUT2D eigenvalue weighted by atomic mass is 16.5. The van der Waals surface area contributed by atoms with Crippen LogP contribution in [0, 0.1) is 0 Å². The average molecular weight is 305 g/mol. The monoisotopic (exact) mass is 305 g/mol. The van der Waals surface area contributed by atoms with Gasteiger partial charge < -0.3 is 9.47 Å². The number of morpholine rings is 1. The molecule has 0 N–H and O–H groups in total. The van der Waals surface area contributed by atoms with Crippen LogP contribution in [0.3, 0.4) is 0 Å². The van der Waals surface area contributed by atoms with Crippen molar-refractivity contribution in [1.82, 2.24) is 4.90 Å². The van der Waals surface area contributed by atoms with E-state index in [-0.39, 0.29) is 5.78 Å². The molecule has 0 radical (unpaired) electrons. The molecule has 0 amide bonds. The Morgan fingerprint density at radius 2 is 2.00 bits per heavy atom. The summed E-state index contributed by atoms with van der Waals surface area (Å²) in [4.78, 5) is 13.8. The summed E-state index contributed by atoms with van der Waals surface area (Å²) in [6, 6.07) is 7.39. The van der Waals surface area contributed by atoms with Gasteiger partial charge in [0.2, 0.25) is 0 Å². The second-order valence-electron chi connectivity index (χ2n) is 6.16. The summed E-state index contributed by atoms with van der Waals surface area (Å²) in [6.45, 7) is 9.66. The normalized spacial score (nSPS) is 22.5. The maximum Gasteiger partial charge on any atom is 0.159 e. The zero-order valence-corrected chi connectivity index (χ0v) is 13.9. The largest absolute Gasteiger partial charge is 0.494 e. The van der Waals surface area contributed by atoms with E-state index in [0.717, 1.165) is 38.2 Å². The van der Waals surface area contributed by atoms with Gasteiger partial charge in [-0.1, -0.05) is 12.1 Å². The first-order valence-electron chi connectivity index (χ1n) is 8.16. The van der Waals surface area contributed by atoms with E-state index in [0.29, 0.717) is 24.4 Å². The zero-order valence-electron chi connectivity index (χ0n) is 13.9. The van der Waals surface area contributed by atoms with Crippen molar-refractivity contribution >= 4 is 5.78 Å². The van der Waals surface area contributed by atoms with E-state index in [1.807, 2.05) is 24.3 Å². The summed E-state index contributed by atoms with van der Waals surface area (Å²) in [5, 5.41) is 0. The molecule has 122 valence electrons. The van der Waals surface area contributed by atoms with E-state index in [1.54, 1.807) is 6.92 Å². The van der Waals surface area contributed by atoms with Crippen molar-refractivity contribution in [2.75, 3.05) is 26.2 Å². The van der Waals surface area contributed by atoms with Crippen LogP contribution in [0.4, 0.5) is 0 Å². The Morgan fingerprint density at radius 1 is 1.27 bits per heavy atom. The molecule has 22 heavy (non-hydrogen) atoms. The number of ketones is 1. The summed E-state index contributed by atoms with van der Waals surface area (Å²) >= 11 is 0. The SMILES string of the molecule is CC(=O)c1cccc(OCCCCN2C[C@@H](C)O[C@@H](C)C2)c1. The molecular weight excluding hydrogens is 278 g/mol. The number of rotatable bonds is 7. The van der Waals surface area contributed by atoms with Gasteiger partial charge in [-0.05, 0) is 52.3 Å². The molecule has 1 aromatic carbocycles. The van der Waals surface area contributed by atoms with Crippen LogP contribution in [-0.2, 0) is 4.74 Å².